The van der Waals surface area contributed by atoms with Crippen molar-refractivity contribution in [3.63, 3.8) is 0 Å². The number of carbonyl (C=O) groups is 1. The van der Waals surface area contributed by atoms with Gasteiger partial charge in [-0.25, -0.2) is 4.98 Å². The summed E-state index contributed by atoms with van der Waals surface area (Å²) in [7, 11) is 6.20. The van der Waals surface area contributed by atoms with Crippen LogP contribution in [0.5, 0.6) is 34.5 Å². The maximum Gasteiger partial charge on any atom is 0.280 e. The summed E-state index contributed by atoms with van der Waals surface area (Å²) >= 11 is 1.32. The number of nitrogens with zero attached hydrogens (tertiary/aromatic N) is 3. The van der Waals surface area contributed by atoms with E-state index in [0.29, 0.717) is 69.5 Å². The van der Waals surface area contributed by atoms with Crippen LogP contribution in [0.3, 0.4) is 0 Å². The van der Waals surface area contributed by atoms with E-state index in [1.807, 2.05) is 18.2 Å². The number of rotatable bonds is 8. The second-order valence-corrected chi connectivity index (χ2v) is 9.02. The third-order valence-electron chi connectivity index (χ3n) is 5.76. The summed E-state index contributed by atoms with van der Waals surface area (Å²) < 4.78 is 33.8. The van der Waals surface area contributed by atoms with Crippen LogP contribution in [0.4, 0.5) is 5.13 Å². The van der Waals surface area contributed by atoms with Gasteiger partial charge in [0.25, 0.3) is 5.91 Å². The number of fused-ring (bicyclic) bond motifs is 2. The lowest BCUT2D eigenvalue weighted by Gasteiger charge is -2.20. The highest BCUT2D eigenvalue weighted by Crippen LogP contribution is 2.38. The van der Waals surface area contributed by atoms with Crippen molar-refractivity contribution in [1.82, 2.24) is 4.98 Å². The van der Waals surface area contributed by atoms with Crippen molar-refractivity contribution in [3.8, 4) is 34.5 Å². The summed E-state index contributed by atoms with van der Waals surface area (Å²) in [6.07, 6.45) is 1.53. The van der Waals surface area contributed by atoms with Crippen LogP contribution in [0.25, 0.3) is 10.2 Å². The zero-order valence-corrected chi connectivity index (χ0v) is 22.0. The number of hydrogen-bond acceptors (Lipinski definition) is 10. The minimum absolute atomic E-state index is 0.369. The molecular formula is C27H25N3O7S. The third-order valence-corrected chi connectivity index (χ3v) is 6.75. The molecule has 3 aromatic carbocycles. The summed E-state index contributed by atoms with van der Waals surface area (Å²) in [6.45, 7) is 0.869. The number of hydrazone groups is 1. The number of benzene rings is 3. The van der Waals surface area contributed by atoms with Gasteiger partial charge in [-0.1, -0.05) is 11.3 Å². The highest BCUT2D eigenvalue weighted by Gasteiger charge is 2.24. The smallest absolute Gasteiger partial charge is 0.280 e. The van der Waals surface area contributed by atoms with Crippen molar-refractivity contribution in [2.75, 3.05) is 46.7 Å². The van der Waals surface area contributed by atoms with E-state index >= 15 is 0 Å². The van der Waals surface area contributed by atoms with Crippen LogP contribution in [-0.2, 0) is 0 Å². The first kappa shape index (κ1) is 25.2. The molecule has 38 heavy (non-hydrogen) atoms. The van der Waals surface area contributed by atoms with E-state index in [0.717, 1.165) is 4.70 Å². The van der Waals surface area contributed by atoms with Crippen molar-refractivity contribution >= 4 is 38.8 Å². The molecule has 0 aliphatic carbocycles. The normalized spacial score (nSPS) is 12.4. The Morgan fingerprint density at radius 3 is 2.34 bits per heavy atom. The molecule has 4 aromatic rings. The van der Waals surface area contributed by atoms with Gasteiger partial charge in [-0.2, -0.15) is 10.1 Å². The van der Waals surface area contributed by atoms with Crippen molar-refractivity contribution < 1.29 is 33.2 Å². The minimum Gasteiger partial charge on any atom is -0.497 e. The number of hydrogen-bond donors (Lipinski definition) is 0. The summed E-state index contributed by atoms with van der Waals surface area (Å²) in [4.78, 5) is 18.4. The van der Waals surface area contributed by atoms with E-state index in [4.69, 9.17) is 28.4 Å². The molecule has 0 unspecified atom stereocenters. The molecule has 0 bridgehead atoms. The monoisotopic (exact) mass is 535 g/mol. The zero-order chi connectivity index (χ0) is 26.6. The summed E-state index contributed by atoms with van der Waals surface area (Å²) in [6, 6.07) is 14.0. The Bertz CT molecular complexity index is 1490. The van der Waals surface area contributed by atoms with Crippen LogP contribution in [0, 0.1) is 0 Å². The largest absolute Gasteiger partial charge is 0.497 e. The van der Waals surface area contributed by atoms with Crippen molar-refractivity contribution in [3.05, 3.63) is 59.7 Å². The molecule has 0 saturated heterocycles. The van der Waals surface area contributed by atoms with E-state index in [2.05, 4.69) is 10.1 Å². The molecule has 0 atom stereocenters. The fraction of sp³-hybridized carbons (Fsp3) is 0.222. The minimum atomic E-state index is -0.392. The molecule has 1 amide bonds. The number of ether oxygens (including phenoxy) is 6. The average molecular weight is 536 g/mol. The maximum atomic E-state index is 13.8. The SMILES string of the molecule is COc1ccc2nc(N(/N=C/c3cc(OC)c(OC)c(OC)c3)C(=O)c3ccc4c(c3)OCCO4)sc2c1. The van der Waals surface area contributed by atoms with Gasteiger partial charge in [-0.15, -0.1) is 0 Å². The molecule has 2 heterocycles. The van der Waals surface area contributed by atoms with E-state index in [9.17, 15) is 4.79 Å². The second-order valence-electron chi connectivity index (χ2n) is 8.01. The number of anilines is 1. The van der Waals surface area contributed by atoms with Crippen molar-refractivity contribution in [2.24, 2.45) is 5.10 Å². The lowest BCUT2D eigenvalue weighted by molar-refractivity contribution is 0.0986. The number of amides is 1. The number of thiazole rings is 1. The van der Waals surface area contributed by atoms with Crippen LogP contribution in [0.2, 0.25) is 0 Å². The molecule has 1 aliphatic heterocycles. The maximum absolute atomic E-state index is 13.8. The molecular weight excluding hydrogens is 510 g/mol. The molecule has 5 rings (SSSR count). The van der Waals surface area contributed by atoms with Crippen molar-refractivity contribution in [1.29, 1.82) is 0 Å². The molecule has 10 nitrogen and oxygen atoms in total. The van der Waals surface area contributed by atoms with E-state index in [1.165, 1.54) is 43.9 Å². The summed E-state index contributed by atoms with van der Waals surface area (Å²) in [5.74, 6) is 2.78. The van der Waals surface area contributed by atoms with E-state index in [1.54, 1.807) is 37.4 Å². The first-order valence-electron chi connectivity index (χ1n) is 11.6. The first-order chi connectivity index (χ1) is 18.5. The quantitative estimate of drug-likeness (QED) is 0.235. The molecule has 0 fully saturated rings. The van der Waals surface area contributed by atoms with Gasteiger partial charge in [0, 0.05) is 11.1 Å². The van der Waals surface area contributed by atoms with Gasteiger partial charge in [0.1, 0.15) is 19.0 Å². The molecule has 196 valence electrons. The lowest BCUT2D eigenvalue weighted by atomic mass is 10.2. The Kier molecular flexibility index (Phi) is 7.18. The molecule has 1 aromatic heterocycles. The van der Waals surface area contributed by atoms with E-state index in [-0.39, 0.29) is 0 Å². The molecule has 11 heteroatoms. The third kappa shape index (κ3) is 4.88. The van der Waals surface area contributed by atoms with Gasteiger partial charge in [-0.3, -0.25) is 4.79 Å². The average Bonchev–Trinajstić information content (AvgIpc) is 3.39. The van der Waals surface area contributed by atoms with E-state index < -0.39 is 5.91 Å². The first-order valence-corrected chi connectivity index (χ1v) is 12.4. The van der Waals surface area contributed by atoms with Crippen LogP contribution in [-0.4, -0.2) is 58.8 Å². The Labute approximate surface area is 222 Å². The highest BCUT2D eigenvalue weighted by molar-refractivity contribution is 7.22. The van der Waals surface area contributed by atoms with Gasteiger partial charge < -0.3 is 28.4 Å². The Balaban J connectivity index is 1.57. The Morgan fingerprint density at radius 2 is 1.66 bits per heavy atom. The fourth-order valence-corrected chi connectivity index (χ4v) is 4.85. The number of methoxy groups -OCH3 is 4. The van der Waals surface area contributed by atoms with Gasteiger partial charge in [0.2, 0.25) is 10.9 Å². The summed E-state index contributed by atoms with van der Waals surface area (Å²) in [5.41, 5.74) is 1.71. The molecule has 0 saturated carbocycles. The second kappa shape index (κ2) is 10.9. The van der Waals surface area contributed by atoms with Crippen LogP contribution < -0.4 is 33.4 Å². The van der Waals surface area contributed by atoms with Gasteiger partial charge in [-0.05, 0) is 48.5 Å². The van der Waals surface area contributed by atoms with Crippen LogP contribution >= 0.6 is 11.3 Å². The van der Waals surface area contributed by atoms with Gasteiger partial charge >= 0.3 is 0 Å². The van der Waals surface area contributed by atoms with Crippen LogP contribution in [0.1, 0.15) is 15.9 Å². The number of aromatic nitrogens is 1. The van der Waals surface area contributed by atoms with Crippen LogP contribution in [0.15, 0.2) is 53.6 Å². The highest BCUT2D eigenvalue weighted by atomic mass is 32.1. The van der Waals surface area contributed by atoms with Crippen molar-refractivity contribution in [2.45, 2.75) is 0 Å². The predicted octanol–water partition coefficient (Wildman–Crippen LogP) is 4.78. The van der Waals surface area contributed by atoms with Gasteiger partial charge in [0.05, 0.1) is 44.9 Å². The number of carbonyl (C=O) groups excluding carboxylic acids is 1. The molecule has 0 radical (unpaired) electrons. The Morgan fingerprint density at radius 1 is 0.921 bits per heavy atom. The molecule has 0 N–H and O–H groups in total. The Hall–Kier alpha value is -4.51. The topological polar surface area (TPSA) is 101 Å². The summed E-state index contributed by atoms with van der Waals surface area (Å²) in [5, 5.41) is 6.19. The predicted molar refractivity (Wildman–Crippen MR) is 144 cm³/mol. The fourth-order valence-electron chi connectivity index (χ4n) is 3.90. The van der Waals surface area contributed by atoms with Gasteiger partial charge in [0.15, 0.2) is 23.0 Å². The molecule has 0 spiro atoms. The lowest BCUT2D eigenvalue weighted by Crippen LogP contribution is -2.26. The molecule has 1 aliphatic rings. The standard InChI is InChI=1S/C27H25N3O7S/c1-32-18-6-7-19-24(14-18)38-27(29-19)30(26(31)17-5-8-20-21(13-17)37-10-9-36-20)28-15-16-11-22(33-2)25(35-4)23(12-16)34-3/h5-8,11-15H,9-10H2,1-4H3/b28-15+. The zero-order valence-electron chi connectivity index (χ0n) is 21.2.